The third-order valence-corrected chi connectivity index (χ3v) is 11.5. The van der Waals surface area contributed by atoms with E-state index in [0.717, 1.165) is 109 Å². The third kappa shape index (κ3) is 50.6. The summed E-state index contributed by atoms with van der Waals surface area (Å²) >= 11 is 0. The maximum absolute atomic E-state index is 12.9. The number of hydrogen-bond acceptors (Lipinski definition) is 10. The van der Waals surface area contributed by atoms with Gasteiger partial charge < -0.3 is 24.2 Å². The van der Waals surface area contributed by atoms with Gasteiger partial charge in [0.1, 0.15) is 12.7 Å². The zero-order valence-corrected chi connectivity index (χ0v) is 45.5. The molecule has 0 saturated carbocycles. The molecule has 0 aromatic rings. The van der Waals surface area contributed by atoms with Crippen LogP contribution in [0.3, 0.4) is 0 Å². The molecule has 0 aromatic heterocycles. The Morgan fingerprint density at radius 3 is 1.24 bits per heavy atom. The van der Waals surface area contributed by atoms with Gasteiger partial charge in [0.05, 0.1) is 19.8 Å². The van der Waals surface area contributed by atoms with Crippen LogP contribution in [-0.4, -0.2) is 66.5 Å². The van der Waals surface area contributed by atoms with Crippen molar-refractivity contribution >= 4 is 25.7 Å². The molecule has 0 aliphatic carbocycles. The summed E-state index contributed by atoms with van der Waals surface area (Å²) in [7, 11) is -4.79. The molecular formula is C60H95O11P. The summed E-state index contributed by atoms with van der Waals surface area (Å²) in [6, 6.07) is 0. The Kier molecular flexibility index (Phi) is 49.7. The van der Waals surface area contributed by atoms with Crippen molar-refractivity contribution in [2.24, 2.45) is 0 Å². The van der Waals surface area contributed by atoms with Crippen molar-refractivity contribution in [3.63, 3.8) is 0 Å². The number of unbranched alkanes of at least 4 members (excludes halogenated alkanes) is 9. The summed E-state index contributed by atoms with van der Waals surface area (Å²) in [4.78, 5) is 48.3. The molecule has 406 valence electrons. The van der Waals surface area contributed by atoms with Crippen molar-refractivity contribution in [1.82, 2.24) is 0 Å². The van der Waals surface area contributed by atoms with Crippen LogP contribution in [0.4, 0.5) is 0 Å². The molecule has 11 nitrogen and oxygen atoms in total. The Hall–Kier alpha value is -4.38. The molecule has 0 radical (unpaired) electrons. The van der Waals surface area contributed by atoms with E-state index < -0.39 is 57.8 Å². The molecule has 0 rings (SSSR count). The Bertz CT molecular complexity index is 1710. The number of esters is 3. The predicted octanol–water partition coefficient (Wildman–Crippen LogP) is 15.8. The van der Waals surface area contributed by atoms with Gasteiger partial charge in [-0.1, -0.05) is 187 Å². The molecular weight excluding hydrogens is 928 g/mol. The van der Waals surface area contributed by atoms with Gasteiger partial charge in [-0.15, -0.1) is 0 Å². The second kappa shape index (κ2) is 52.9. The van der Waals surface area contributed by atoms with Gasteiger partial charge in [0.2, 0.25) is 0 Å². The van der Waals surface area contributed by atoms with E-state index in [2.05, 4.69) is 142 Å². The van der Waals surface area contributed by atoms with Gasteiger partial charge in [-0.05, 0) is 116 Å². The van der Waals surface area contributed by atoms with Crippen LogP contribution in [0.1, 0.15) is 188 Å². The topological polar surface area (TPSA) is 155 Å². The first-order valence-corrected chi connectivity index (χ1v) is 28.6. The molecule has 3 unspecified atom stereocenters. The lowest BCUT2D eigenvalue weighted by Crippen LogP contribution is -2.30. The minimum Gasteiger partial charge on any atom is -0.462 e. The number of aliphatic hydroxyl groups is 1. The standard InChI is InChI=1S/C60H95O11P/c1-4-7-10-13-16-19-22-24-26-27-28-29-31-33-36-39-42-45-48-51-60(64)71-57(53-67-58(62)49-46-43-40-37-34-21-18-15-12-9-6-3)55-69-72(65,66)68-54-56(52-61)70-59(63)50-47-44-41-38-35-32-30-25-23-20-17-14-11-8-5-2/h7-8,10-11,15-20,24-26,28-30,33,35-36,38,42,45,56-57,61H,4-6,9,12-14,21-23,27,31-32,34,37,39-41,43-44,46-55H2,1-3H3,(H,65,66)/b10-7-,11-8-,18-15-,19-16-,20-17-,26-24-,29-28-,30-25-,36-33-,38-35-,45-42-. The van der Waals surface area contributed by atoms with Crippen molar-refractivity contribution in [1.29, 1.82) is 0 Å². The Labute approximate surface area is 436 Å². The highest BCUT2D eigenvalue weighted by atomic mass is 31.2. The van der Waals surface area contributed by atoms with E-state index in [1.165, 1.54) is 12.8 Å². The molecule has 0 bridgehead atoms. The quantitative estimate of drug-likeness (QED) is 0.0197. The lowest BCUT2D eigenvalue weighted by atomic mass is 10.1. The zero-order valence-electron chi connectivity index (χ0n) is 44.6. The van der Waals surface area contributed by atoms with Crippen LogP contribution in [0.15, 0.2) is 134 Å². The molecule has 0 fully saturated rings. The highest BCUT2D eigenvalue weighted by Crippen LogP contribution is 2.43. The predicted molar refractivity (Wildman–Crippen MR) is 297 cm³/mol. The maximum atomic E-state index is 12.9. The minimum absolute atomic E-state index is 0.0302. The molecule has 0 heterocycles. The number of phosphoric acid groups is 1. The monoisotopic (exact) mass is 1020 g/mol. The summed E-state index contributed by atoms with van der Waals surface area (Å²) in [5, 5.41) is 9.78. The highest BCUT2D eigenvalue weighted by Gasteiger charge is 2.28. The fraction of sp³-hybridized carbons (Fsp3) is 0.583. The zero-order chi connectivity index (χ0) is 52.7. The lowest BCUT2D eigenvalue weighted by Gasteiger charge is -2.21. The van der Waals surface area contributed by atoms with Gasteiger partial charge in [-0.25, -0.2) is 4.57 Å². The smallest absolute Gasteiger partial charge is 0.462 e. The summed E-state index contributed by atoms with van der Waals surface area (Å²) < 4.78 is 39.3. The van der Waals surface area contributed by atoms with E-state index in [9.17, 15) is 28.9 Å². The van der Waals surface area contributed by atoms with Crippen LogP contribution in [0.25, 0.3) is 0 Å². The van der Waals surface area contributed by atoms with E-state index in [1.54, 1.807) is 0 Å². The molecule has 0 amide bonds. The Morgan fingerprint density at radius 2 is 0.750 bits per heavy atom. The second-order valence-corrected chi connectivity index (χ2v) is 18.7. The first kappa shape index (κ1) is 67.6. The SMILES string of the molecule is CC/C=C\C/C=C\C/C=C\C/C=C\C/C=C\C/C=C\CCC(=O)OC(COC(=O)CCCCCCC/C=C\CCCC)COP(=O)(O)OCC(CO)OC(=O)CCCC/C=C\C/C=C\C/C=C\C/C=C\CC. The van der Waals surface area contributed by atoms with Crippen LogP contribution in [-0.2, 0) is 42.2 Å². The normalized spacial score (nSPS) is 14.5. The number of rotatable bonds is 48. The van der Waals surface area contributed by atoms with Crippen molar-refractivity contribution in [2.45, 2.75) is 200 Å². The van der Waals surface area contributed by atoms with Gasteiger partial charge >= 0.3 is 25.7 Å². The Balaban J connectivity index is 4.89. The molecule has 0 aliphatic rings. The maximum Gasteiger partial charge on any atom is 0.472 e. The minimum atomic E-state index is -4.79. The van der Waals surface area contributed by atoms with Crippen molar-refractivity contribution in [2.75, 3.05) is 26.4 Å². The van der Waals surface area contributed by atoms with Crippen molar-refractivity contribution < 1.29 is 52.2 Å². The van der Waals surface area contributed by atoms with E-state index in [4.69, 9.17) is 23.3 Å². The number of hydrogen-bond donors (Lipinski definition) is 2. The van der Waals surface area contributed by atoms with Gasteiger partial charge in [0.25, 0.3) is 0 Å². The number of aliphatic hydroxyl groups excluding tert-OH is 1. The van der Waals surface area contributed by atoms with E-state index in [0.29, 0.717) is 25.7 Å². The van der Waals surface area contributed by atoms with E-state index >= 15 is 0 Å². The van der Waals surface area contributed by atoms with E-state index in [-0.39, 0.29) is 25.9 Å². The van der Waals surface area contributed by atoms with Crippen LogP contribution in [0.2, 0.25) is 0 Å². The second-order valence-electron chi connectivity index (χ2n) is 17.3. The van der Waals surface area contributed by atoms with Gasteiger partial charge in [-0.2, -0.15) is 0 Å². The number of carbonyl (C=O) groups is 3. The average molecular weight is 1020 g/mol. The molecule has 0 aliphatic heterocycles. The summed E-state index contributed by atoms with van der Waals surface area (Å²) in [5.74, 6) is -1.64. The third-order valence-electron chi connectivity index (χ3n) is 10.6. The molecule has 12 heteroatoms. The van der Waals surface area contributed by atoms with Crippen LogP contribution in [0.5, 0.6) is 0 Å². The number of ether oxygens (including phenoxy) is 3. The van der Waals surface area contributed by atoms with Crippen LogP contribution < -0.4 is 0 Å². The molecule has 0 aromatic carbocycles. The molecule has 0 spiro atoms. The molecule has 0 saturated heterocycles. The molecule has 2 N–H and O–H groups in total. The summed E-state index contributed by atoms with van der Waals surface area (Å²) in [6.07, 6.45) is 65.8. The number of carbonyl (C=O) groups excluding carboxylic acids is 3. The Morgan fingerprint density at radius 1 is 0.403 bits per heavy atom. The van der Waals surface area contributed by atoms with Gasteiger partial charge in [-0.3, -0.25) is 23.4 Å². The summed E-state index contributed by atoms with van der Waals surface area (Å²) in [6.45, 7) is 4.20. The first-order chi connectivity index (χ1) is 35.2. The summed E-state index contributed by atoms with van der Waals surface area (Å²) in [5.41, 5.74) is 0. The number of allylic oxidation sites excluding steroid dienone is 22. The first-order valence-electron chi connectivity index (χ1n) is 27.1. The van der Waals surface area contributed by atoms with Gasteiger partial charge in [0.15, 0.2) is 6.10 Å². The molecule has 3 atom stereocenters. The van der Waals surface area contributed by atoms with Crippen molar-refractivity contribution in [3.05, 3.63) is 134 Å². The number of phosphoric ester groups is 1. The average Bonchev–Trinajstić information content (AvgIpc) is 3.37. The van der Waals surface area contributed by atoms with Gasteiger partial charge in [0, 0.05) is 19.3 Å². The highest BCUT2D eigenvalue weighted by molar-refractivity contribution is 7.47. The fourth-order valence-electron chi connectivity index (χ4n) is 6.47. The van der Waals surface area contributed by atoms with Crippen LogP contribution >= 0.6 is 7.82 Å². The van der Waals surface area contributed by atoms with E-state index in [1.807, 2.05) is 12.2 Å². The van der Waals surface area contributed by atoms with Crippen LogP contribution in [0, 0.1) is 0 Å². The fourth-order valence-corrected chi connectivity index (χ4v) is 7.25. The molecule has 72 heavy (non-hydrogen) atoms. The largest absolute Gasteiger partial charge is 0.472 e. The van der Waals surface area contributed by atoms with Crippen molar-refractivity contribution in [3.8, 4) is 0 Å². The lowest BCUT2D eigenvalue weighted by molar-refractivity contribution is -0.161.